The number of nitrogens with one attached hydrogen (secondary N) is 3. The van der Waals surface area contributed by atoms with Crippen molar-refractivity contribution in [2.45, 2.75) is 44.6 Å². The number of rotatable bonds is 2. The largest absolute Gasteiger partial charge is 0.351 e. The predicted molar refractivity (Wildman–Crippen MR) is 94.0 cm³/mol. The van der Waals surface area contributed by atoms with E-state index in [0.29, 0.717) is 6.67 Å². The lowest BCUT2D eigenvalue weighted by Gasteiger charge is -2.26. The summed E-state index contributed by atoms with van der Waals surface area (Å²) in [5, 5.41) is 10.3. The van der Waals surface area contributed by atoms with Gasteiger partial charge in [0.25, 0.3) is 0 Å². The molecule has 3 heterocycles. The number of anilines is 1. The molecule has 1 aliphatic carbocycles. The first-order chi connectivity index (χ1) is 11.4. The van der Waals surface area contributed by atoms with Crippen LogP contribution >= 0.6 is 0 Å². The Balaban J connectivity index is 0.000000149. The molecule has 0 radical (unpaired) electrons. The molecular formula is C17H25N7. The Labute approximate surface area is 141 Å². The predicted octanol–water partition coefficient (Wildman–Crippen LogP) is 1.83. The third-order valence-electron chi connectivity index (χ3n) is 4.41. The SMILES string of the molecule is CC(C)(N)c1ccc(C2CCC2)cn1.N=c1nccc2n1NCN2. The molecule has 1 aliphatic heterocycles. The lowest BCUT2D eigenvalue weighted by molar-refractivity contribution is 0.418. The number of hydrogen-bond donors (Lipinski definition) is 4. The number of pyridine rings is 1. The van der Waals surface area contributed by atoms with Crippen LogP contribution in [0.4, 0.5) is 5.82 Å². The van der Waals surface area contributed by atoms with Crippen molar-refractivity contribution in [3.05, 3.63) is 47.5 Å². The first kappa shape index (κ1) is 16.4. The summed E-state index contributed by atoms with van der Waals surface area (Å²) in [6.07, 6.45) is 7.62. The van der Waals surface area contributed by atoms with Gasteiger partial charge < -0.3 is 16.5 Å². The summed E-state index contributed by atoms with van der Waals surface area (Å²) in [6, 6.07) is 6.06. The van der Waals surface area contributed by atoms with E-state index >= 15 is 0 Å². The Morgan fingerprint density at radius 2 is 2.04 bits per heavy atom. The molecule has 7 heteroatoms. The zero-order valence-electron chi connectivity index (χ0n) is 14.2. The van der Waals surface area contributed by atoms with Crippen molar-refractivity contribution in [3.63, 3.8) is 0 Å². The van der Waals surface area contributed by atoms with Crippen LogP contribution in [-0.2, 0) is 5.54 Å². The second kappa shape index (κ2) is 6.60. The molecular weight excluding hydrogens is 302 g/mol. The molecule has 0 amide bonds. The fraction of sp³-hybridized carbons (Fsp3) is 0.471. The van der Waals surface area contributed by atoms with Gasteiger partial charge in [0.05, 0.1) is 11.2 Å². The summed E-state index contributed by atoms with van der Waals surface area (Å²) in [6.45, 7) is 4.63. The first-order valence-corrected chi connectivity index (χ1v) is 8.31. The molecule has 128 valence electrons. The van der Waals surface area contributed by atoms with E-state index in [9.17, 15) is 0 Å². The number of fused-ring (bicyclic) bond motifs is 1. The molecule has 0 spiro atoms. The van der Waals surface area contributed by atoms with Crippen LogP contribution in [0.15, 0.2) is 30.6 Å². The van der Waals surface area contributed by atoms with E-state index < -0.39 is 0 Å². The van der Waals surface area contributed by atoms with Crippen molar-refractivity contribution in [2.75, 3.05) is 17.4 Å². The maximum absolute atomic E-state index is 7.30. The Bertz CT molecular complexity index is 739. The van der Waals surface area contributed by atoms with Crippen LogP contribution in [0.5, 0.6) is 0 Å². The van der Waals surface area contributed by atoms with Crippen LogP contribution in [0.2, 0.25) is 0 Å². The molecule has 0 atom stereocenters. The fourth-order valence-corrected chi connectivity index (χ4v) is 2.70. The standard InChI is InChI=1S/C12H18N2.C5H7N5/c1-12(2,13)11-7-6-10(8-14-11)9-4-3-5-9;6-5-7-2-1-4-8-3-9-10(4)5/h6-9H,3-5,13H2,1-2H3;1-2,6,8-9H,3H2. The molecule has 4 rings (SSSR count). The molecule has 1 fully saturated rings. The van der Waals surface area contributed by atoms with E-state index in [1.807, 2.05) is 26.1 Å². The molecule has 0 unspecified atom stereocenters. The zero-order valence-corrected chi connectivity index (χ0v) is 14.2. The average molecular weight is 327 g/mol. The van der Waals surface area contributed by atoms with Crippen molar-refractivity contribution in [2.24, 2.45) is 5.73 Å². The topological polar surface area (TPSA) is 105 Å². The minimum absolute atomic E-state index is 0.225. The van der Waals surface area contributed by atoms with Gasteiger partial charge in [-0.15, -0.1) is 0 Å². The summed E-state index contributed by atoms with van der Waals surface area (Å²) < 4.78 is 1.60. The highest BCUT2D eigenvalue weighted by molar-refractivity contribution is 5.38. The molecule has 5 N–H and O–H groups in total. The highest BCUT2D eigenvalue weighted by atomic mass is 15.5. The van der Waals surface area contributed by atoms with Gasteiger partial charge >= 0.3 is 0 Å². The zero-order chi connectivity index (χ0) is 17.2. The molecule has 0 aromatic carbocycles. The van der Waals surface area contributed by atoms with Gasteiger partial charge in [-0.05, 0) is 50.3 Å². The fourth-order valence-electron chi connectivity index (χ4n) is 2.70. The molecule has 0 bridgehead atoms. The molecule has 2 aromatic rings. The summed E-state index contributed by atoms with van der Waals surface area (Å²) in [4.78, 5) is 8.21. The van der Waals surface area contributed by atoms with E-state index in [1.54, 1.807) is 10.9 Å². The van der Waals surface area contributed by atoms with Gasteiger partial charge in [-0.1, -0.05) is 12.5 Å². The quantitative estimate of drug-likeness (QED) is 0.673. The summed E-state index contributed by atoms with van der Waals surface area (Å²) >= 11 is 0. The lowest BCUT2D eigenvalue weighted by Crippen LogP contribution is -2.29. The molecule has 0 saturated heterocycles. The first-order valence-electron chi connectivity index (χ1n) is 8.31. The second-order valence-electron chi connectivity index (χ2n) is 6.83. The molecule has 24 heavy (non-hydrogen) atoms. The number of nitrogens with two attached hydrogens (primary N) is 1. The maximum atomic E-state index is 7.30. The highest BCUT2D eigenvalue weighted by Crippen LogP contribution is 2.36. The van der Waals surface area contributed by atoms with E-state index in [2.05, 4.69) is 32.8 Å². The summed E-state index contributed by atoms with van der Waals surface area (Å²) in [5.41, 5.74) is 11.1. The van der Waals surface area contributed by atoms with Crippen LogP contribution in [0.3, 0.4) is 0 Å². The minimum Gasteiger partial charge on any atom is -0.351 e. The average Bonchev–Trinajstić information content (AvgIpc) is 2.96. The van der Waals surface area contributed by atoms with Crippen molar-refractivity contribution in [1.82, 2.24) is 14.6 Å². The van der Waals surface area contributed by atoms with Crippen LogP contribution in [0, 0.1) is 5.41 Å². The van der Waals surface area contributed by atoms with Gasteiger partial charge in [0.1, 0.15) is 12.5 Å². The number of aromatic nitrogens is 3. The van der Waals surface area contributed by atoms with E-state index in [4.69, 9.17) is 11.1 Å². The molecule has 1 saturated carbocycles. The van der Waals surface area contributed by atoms with E-state index in [-0.39, 0.29) is 11.2 Å². The summed E-state index contributed by atoms with van der Waals surface area (Å²) in [7, 11) is 0. The van der Waals surface area contributed by atoms with Crippen LogP contribution in [-0.4, -0.2) is 21.3 Å². The maximum Gasteiger partial charge on any atom is 0.242 e. The lowest BCUT2D eigenvalue weighted by atomic mass is 9.80. The Hall–Kier alpha value is -2.41. The van der Waals surface area contributed by atoms with Crippen molar-refractivity contribution in [3.8, 4) is 0 Å². The van der Waals surface area contributed by atoms with E-state index in [1.165, 1.54) is 24.8 Å². The number of hydrogen-bond acceptors (Lipinski definition) is 6. The van der Waals surface area contributed by atoms with Crippen LogP contribution in [0.1, 0.15) is 50.3 Å². The minimum atomic E-state index is -0.321. The smallest absolute Gasteiger partial charge is 0.242 e. The Morgan fingerprint density at radius 1 is 1.25 bits per heavy atom. The third-order valence-corrected chi connectivity index (χ3v) is 4.41. The van der Waals surface area contributed by atoms with Gasteiger partial charge in [0.15, 0.2) is 0 Å². The summed E-state index contributed by atoms with van der Waals surface area (Å²) in [5.74, 6) is 1.65. The Morgan fingerprint density at radius 3 is 2.58 bits per heavy atom. The van der Waals surface area contributed by atoms with Crippen LogP contribution < -0.4 is 22.1 Å². The van der Waals surface area contributed by atoms with E-state index in [0.717, 1.165) is 17.4 Å². The molecule has 7 nitrogen and oxygen atoms in total. The van der Waals surface area contributed by atoms with Gasteiger partial charge in [0, 0.05) is 12.4 Å². The van der Waals surface area contributed by atoms with Gasteiger partial charge in [-0.3, -0.25) is 10.4 Å². The van der Waals surface area contributed by atoms with Crippen LogP contribution in [0.25, 0.3) is 0 Å². The van der Waals surface area contributed by atoms with Crippen molar-refractivity contribution >= 4 is 5.82 Å². The Kier molecular flexibility index (Phi) is 4.53. The molecule has 2 aromatic heterocycles. The molecule has 2 aliphatic rings. The highest BCUT2D eigenvalue weighted by Gasteiger charge is 2.21. The third kappa shape index (κ3) is 3.56. The normalized spacial score (nSPS) is 16.1. The van der Waals surface area contributed by atoms with Gasteiger partial charge in [-0.25, -0.2) is 9.66 Å². The monoisotopic (exact) mass is 327 g/mol. The van der Waals surface area contributed by atoms with Crippen molar-refractivity contribution < 1.29 is 0 Å². The van der Waals surface area contributed by atoms with Crippen molar-refractivity contribution in [1.29, 1.82) is 5.41 Å². The second-order valence-corrected chi connectivity index (χ2v) is 6.83. The van der Waals surface area contributed by atoms with Gasteiger partial charge in [0.2, 0.25) is 5.62 Å². The van der Waals surface area contributed by atoms with Gasteiger partial charge in [-0.2, -0.15) is 0 Å². The number of nitrogens with zero attached hydrogens (tertiary/aromatic N) is 3.